The van der Waals surface area contributed by atoms with Crippen LogP contribution in [0.2, 0.25) is 0 Å². The zero-order valence-electron chi connectivity index (χ0n) is 15.2. The van der Waals surface area contributed by atoms with Crippen molar-refractivity contribution in [2.75, 3.05) is 39.4 Å². The lowest BCUT2D eigenvalue weighted by atomic mass is 9.87. The van der Waals surface area contributed by atoms with Crippen molar-refractivity contribution >= 4 is 12.1 Å². The van der Waals surface area contributed by atoms with Gasteiger partial charge in [-0.1, -0.05) is 31.2 Å². The largest absolute Gasteiger partial charge is 0.465 e. The van der Waals surface area contributed by atoms with Crippen molar-refractivity contribution in [1.82, 2.24) is 15.1 Å². The number of nitrogens with one attached hydrogen (secondary N) is 1. The van der Waals surface area contributed by atoms with Gasteiger partial charge in [-0.15, -0.1) is 0 Å². The van der Waals surface area contributed by atoms with Gasteiger partial charge in [0.05, 0.1) is 19.3 Å². The number of nitrogens with zero attached hydrogens (tertiary/aromatic N) is 2. The number of ether oxygens (including phenoxy) is 1. The second-order valence-electron chi connectivity index (χ2n) is 6.96. The van der Waals surface area contributed by atoms with Crippen LogP contribution in [0.3, 0.4) is 0 Å². The first-order valence-corrected chi connectivity index (χ1v) is 9.26. The van der Waals surface area contributed by atoms with Crippen molar-refractivity contribution in [2.24, 2.45) is 0 Å². The van der Waals surface area contributed by atoms with E-state index in [4.69, 9.17) is 9.84 Å². The minimum absolute atomic E-state index is 0.0274. The minimum Gasteiger partial charge on any atom is -0.465 e. The molecule has 2 heterocycles. The summed E-state index contributed by atoms with van der Waals surface area (Å²) in [6, 6.07) is 8.13. The molecule has 2 unspecified atom stereocenters. The Morgan fingerprint density at radius 2 is 1.85 bits per heavy atom. The lowest BCUT2D eigenvalue weighted by Gasteiger charge is -2.41. The molecule has 2 atom stereocenters. The highest BCUT2D eigenvalue weighted by atomic mass is 16.5. The number of carbonyl (C=O) groups is 2. The molecule has 2 saturated heterocycles. The molecule has 2 fully saturated rings. The third kappa shape index (κ3) is 4.46. The molecule has 1 aromatic carbocycles. The van der Waals surface area contributed by atoms with Crippen molar-refractivity contribution < 1.29 is 19.4 Å². The lowest BCUT2D eigenvalue weighted by Crippen LogP contribution is -2.56. The van der Waals surface area contributed by atoms with Crippen LogP contribution in [0.4, 0.5) is 9.59 Å². The topological polar surface area (TPSA) is 82.1 Å². The SMILES string of the molecule is CCc1ccc(C2CC(NC(=O)O)CN(C(=O)N3CCOCC3)C2)cc1. The summed E-state index contributed by atoms with van der Waals surface area (Å²) < 4.78 is 5.32. The molecule has 0 bridgehead atoms. The average molecular weight is 361 g/mol. The smallest absolute Gasteiger partial charge is 0.404 e. The van der Waals surface area contributed by atoms with Gasteiger partial charge < -0.3 is 25.0 Å². The van der Waals surface area contributed by atoms with Crippen LogP contribution in [-0.4, -0.2) is 72.5 Å². The normalized spacial score (nSPS) is 23.6. The predicted molar refractivity (Wildman–Crippen MR) is 97.5 cm³/mol. The third-order valence-corrected chi connectivity index (χ3v) is 5.19. The monoisotopic (exact) mass is 361 g/mol. The number of piperidine rings is 1. The number of hydrogen-bond donors (Lipinski definition) is 2. The molecule has 0 spiro atoms. The van der Waals surface area contributed by atoms with E-state index in [2.05, 4.69) is 36.5 Å². The highest BCUT2D eigenvalue weighted by molar-refractivity contribution is 5.75. The summed E-state index contributed by atoms with van der Waals surface area (Å²) in [5.74, 6) is 0.122. The maximum atomic E-state index is 12.9. The van der Waals surface area contributed by atoms with Crippen LogP contribution in [0, 0.1) is 0 Å². The number of amides is 3. The summed E-state index contributed by atoms with van der Waals surface area (Å²) in [6.07, 6.45) is 0.635. The maximum Gasteiger partial charge on any atom is 0.404 e. The van der Waals surface area contributed by atoms with Crippen molar-refractivity contribution in [3.05, 3.63) is 35.4 Å². The predicted octanol–water partition coefficient (Wildman–Crippen LogP) is 2.13. The Labute approximate surface area is 153 Å². The van der Waals surface area contributed by atoms with Crippen molar-refractivity contribution in [1.29, 1.82) is 0 Å². The summed E-state index contributed by atoms with van der Waals surface area (Å²) in [6.45, 7) is 5.41. The number of urea groups is 1. The summed E-state index contributed by atoms with van der Waals surface area (Å²) in [4.78, 5) is 27.6. The summed E-state index contributed by atoms with van der Waals surface area (Å²) in [5.41, 5.74) is 2.42. The Hall–Kier alpha value is -2.28. The number of morpholine rings is 1. The number of likely N-dealkylation sites (tertiary alicyclic amines) is 1. The van der Waals surface area contributed by atoms with Crippen LogP contribution < -0.4 is 5.32 Å². The molecule has 1 aromatic rings. The number of rotatable bonds is 3. The molecular weight excluding hydrogens is 334 g/mol. The first kappa shape index (κ1) is 18.5. The van der Waals surface area contributed by atoms with E-state index >= 15 is 0 Å². The highest BCUT2D eigenvalue weighted by Gasteiger charge is 2.34. The van der Waals surface area contributed by atoms with Gasteiger partial charge in [0.2, 0.25) is 0 Å². The molecule has 7 heteroatoms. The van der Waals surface area contributed by atoms with Crippen LogP contribution in [-0.2, 0) is 11.2 Å². The van der Waals surface area contributed by atoms with Crippen LogP contribution in [0.25, 0.3) is 0 Å². The molecule has 2 aliphatic rings. The molecular formula is C19H27N3O4. The zero-order chi connectivity index (χ0) is 18.5. The minimum atomic E-state index is -1.05. The molecule has 142 valence electrons. The Morgan fingerprint density at radius 1 is 1.15 bits per heavy atom. The zero-order valence-corrected chi connectivity index (χ0v) is 15.2. The molecule has 2 aliphatic heterocycles. The van der Waals surface area contributed by atoms with Gasteiger partial charge in [-0.05, 0) is 24.0 Å². The summed E-state index contributed by atoms with van der Waals surface area (Å²) in [5, 5.41) is 11.7. The number of aryl methyl sites for hydroxylation is 1. The van der Waals surface area contributed by atoms with Crippen LogP contribution in [0.1, 0.15) is 30.4 Å². The molecule has 3 amide bonds. The lowest BCUT2D eigenvalue weighted by molar-refractivity contribution is 0.0392. The molecule has 7 nitrogen and oxygen atoms in total. The fourth-order valence-corrected chi connectivity index (χ4v) is 3.76. The van der Waals surface area contributed by atoms with E-state index in [0.29, 0.717) is 45.8 Å². The molecule has 2 N–H and O–H groups in total. The quantitative estimate of drug-likeness (QED) is 0.864. The van der Waals surface area contributed by atoms with Gasteiger partial charge in [0.1, 0.15) is 0 Å². The van der Waals surface area contributed by atoms with E-state index in [1.165, 1.54) is 5.56 Å². The Kier molecular flexibility index (Phi) is 5.98. The van der Waals surface area contributed by atoms with Crippen LogP contribution in [0.5, 0.6) is 0 Å². The fourth-order valence-electron chi connectivity index (χ4n) is 3.76. The molecule has 3 rings (SSSR count). The van der Waals surface area contributed by atoms with Crippen LogP contribution >= 0.6 is 0 Å². The number of carbonyl (C=O) groups excluding carboxylic acids is 1. The van der Waals surface area contributed by atoms with Gasteiger partial charge in [0.25, 0.3) is 0 Å². The molecule has 0 aliphatic carbocycles. The van der Waals surface area contributed by atoms with E-state index in [-0.39, 0.29) is 18.0 Å². The first-order chi connectivity index (χ1) is 12.6. The highest BCUT2D eigenvalue weighted by Crippen LogP contribution is 2.28. The molecule has 26 heavy (non-hydrogen) atoms. The number of benzene rings is 1. The van der Waals surface area contributed by atoms with Crippen molar-refractivity contribution in [3.63, 3.8) is 0 Å². The van der Waals surface area contributed by atoms with Gasteiger partial charge in [-0.2, -0.15) is 0 Å². The summed E-state index contributed by atoms with van der Waals surface area (Å²) in [7, 11) is 0. The Balaban J connectivity index is 1.75. The number of hydrogen-bond acceptors (Lipinski definition) is 3. The standard InChI is InChI=1S/C19H27N3O4/c1-2-14-3-5-15(6-4-14)16-11-17(20-18(23)24)13-22(12-16)19(25)21-7-9-26-10-8-21/h3-6,16-17,20H,2,7-13H2,1H3,(H,23,24). The van der Waals surface area contributed by atoms with E-state index < -0.39 is 6.09 Å². The third-order valence-electron chi connectivity index (χ3n) is 5.19. The van der Waals surface area contributed by atoms with Crippen molar-refractivity contribution in [3.8, 4) is 0 Å². The van der Waals surface area contributed by atoms with Gasteiger partial charge in [0.15, 0.2) is 0 Å². The number of carboxylic acid groups (broad SMARTS) is 1. The maximum absolute atomic E-state index is 12.9. The van der Waals surface area contributed by atoms with E-state index in [9.17, 15) is 9.59 Å². The van der Waals surface area contributed by atoms with E-state index in [1.807, 2.05) is 0 Å². The molecule has 0 saturated carbocycles. The Morgan fingerprint density at radius 3 is 2.46 bits per heavy atom. The second-order valence-corrected chi connectivity index (χ2v) is 6.96. The molecule has 0 aromatic heterocycles. The van der Waals surface area contributed by atoms with Gasteiger partial charge in [0, 0.05) is 32.1 Å². The molecule has 0 radical (unpaired) electrons. The first-order valence-electron chi connectivity index (χ1n) is 9.26. The van der Waals surface area contributed by atoms with Gasteiger partial charge >= 0.3 is 12.1 Å². The summed E-state index contributed by atoms with van der Waals surface area (Å²) >= 11 is 0. The fraction of sp³-hybridized carbons (Fsp3) is 0.579. The van der Waals surface area contributed by atoms with E-state index in [1.54, 1.807) is 9.80 Å². The van der Waals surface area contributed by atoms with Gasteiger partial charge in [-0.3, -0.25) is 0 Å². The second kappa shape index (κ2) is 8.40. The van der Waals surface area contributed by atoms with Crippen molar-refractivity contribution in [2.45, 2.75) is 31.7 Å². The van der Waals surface area contributed by atoms with Gasteiger partial charge in [-0.25, -0.2) is 9.59 Å². The average Bonchev–Trinajstić information content (AvgIpc) is 2.67. The van der Waals surface area contributed by atoms with Crippen LogP contribution in [0.15, 0.2) is 24.3 Å². The Bertz CT molecular complexity index is 628. The van der Waals surface area contributed by atoms with E-state index in [0.717, 1.165) is 12.0 Å².